The van der Waals surface area contributed by atoms with Crippen LogP contribution in [-0.2, 0) is 11.3 Å². The second-order valence-electron chi connectivity index (χ2n) is 6.94. The summed E-state index contributed by atoms with van der Waals surface area (Å²) < 4.78 is 5.43. The average Bonchev–Trinajstić information content (AvgIpc) is 2.57. The van der Waals surface area contributed by atoms with Gasteiger partial charge in [0.05, 0.1) is 19.8 Å². The number of hydrogen-bond donors (Lipinski definition) is 1. The minimum atomic E-state index is 0.297. The number of hydrogen-bond acceptors (Lipinski definition) is 8. The number of piperidine rings is 1. The van der Waals surface area contributed by atoms with E-state index < -0.39 is 0 Å². The van der Waals surface area contributed by atoms with Crippen molar-refractivity contribution in [3.8, 4) is 0 Å². The maximum absolute atomic E-state index is 5.81. The SMILES string of the molecule is CN(C)c1nc(N)nc(CN2CCC(CN3CCOCC3)CC2)n1. The number of nitrogen functional groups attached to an aromatic ring is 1. The second-order valence-corrected chi connectivity index (χ2v) is 6.94. The molecule has 3 rings (SSSR count). The topological polar surface area (TPSA) is 83.6 Å². The number of nitrogens with zero attached hydrogens (tertiary/aromatic N) is 6. The minimum Gasteiger partial charge on any atom is -0.379 e. The van der Waals surface area contributed by atoms with Crippen LogP contribution in [0.3, 0.4) is 0 Å². The lowest BCUT2D eigenvalue weighted by atomic mass is 9.96. The molecule has 2 aliphatic rings. The number of anilines is 2. The summed E-state index contributed by atoms with van der Waals surface area (Å²) in [6.45, 7) is 8.07. The van der Waals surface area contributed by atoms with Crippen LogP contribution in [0.2, 0.25) is 0 Å². The summed E-state index contributed by atoms with van der Waals surface area (Å²) in [5, 5.41) is 0. The van der Waals surface area contributed by atoms with Crippen LogP contribution in [-0.4, -0.2) is 84.8 Å². The van der Waals surface area contributed by atoms with Crippen molar-refractivity contribution in [3.63, 3.8) is 0 Å². The van der Waals surface area contributed by atoms with E-state index in [0.717, 1.165) is 57.7 Å². The van der Waals surface area contributed by atoms with Gasteiger partial charge in [0.1, 0.15) is 5.82 Å². The molecule has 2 N–H and O–H groups in total. The Morgan fingerprint density at radius 3 is 2.42 bits per heavy atom. The fourth-order valence-corrected chi connectivity index (χ4v) is 3.37. The van der Waals surface area contributed by atoms with E-state index in [-0.39, 0.29) is 0 Å². The predicted octanol–water partition coefficient (Wildman–Crippen LogP) is 0.0640. The van der Waals surface area contributed by atoms with Crippen LogP contribution in [0.1, 0.15) is 18.7 Å². The summed E-state index contributed by atoms with van der Waals surface area (Å²) in [5.74, 6) is 2.48. The molecule has 2 aliphatic heterocycles. The molecule has 0 radical (unpaired) electrons. The Kier molecular flexibility index (Phi) is 5.80. The van der Waals surface area contributed by atoms with E-state index in [9.17, 15) is 0 Å². The van der Waals surface area contributed by atoms with E-state index in [1.165, 1.54) is 19.4 Å². The Morgan fingerprint density at radius 1 is 1.04 bits per heavy atom. The van der Waals surface area contributed by atoms with Crippen LogP contribution >= 0.6 is 0 Å². The van der Waals surface area contributed by atoms with Crippen LogP contribution < -0.4 is 10.6 Å². The smallest absolute Gasteiger partial charge is 0.229 e. The summed E-state index contributed by atoms with van der Waals surface area (Å²) in [7, 11) is 3.82. The number of aromatic nitrogens is 3. The molecule has 8 nitrogen and oxygen atoms in total. The fourth-order valence-electron chi connectivity index (χ4n) is 3.37. The molecule has 134 valence electrons. The third kappa shape index (κ3) is 4.75. The lowest BCUT2D eigenvalue weighted by molar-refractivity contribution is 0.0241. The minimum absolute atomic E-state index is 0.297. The van der Waals surface area contributed by atoms with Crippen molar-refractivity contribution in [3.05, 3.63) is 5.82 Å². The number of nitrogens with two attached hydrogens (primary N) is 1. The van der Waals surface area contributed by atoms with E-state index in [1.54, 1.807) is 0 Å². The lowest BCUT2D eigenvalue weighted by Crippen LogP contribution is -2.42. The summed E-state index contributed by atoms with van der Waals surface area (Å²) in [4.78, 5) is 19.8. The maximum atomic E-state index is 5.81. The fraction of sp³-hybridized carbons (Fsp3) is 0.812. The monoisotopic (exact) mass is 335 g/mol. The zero-order valence-electron chi connectivity index (χ0n) is 14.8. The number of likely N-dealkylation sites (tertiary alicyclic amines) is 1. The number of rotatable bonds is 5. The van der Waals surface area contributed by atoms with Crippen LogP contribution in [0.5, 0.6) is 0 Å². The first-order chi connectivity index (χ1) is 11.6. The highest BCUT2D eigenvalue weighted by atomic mass is 16.5. The van der Waals surface area contributed by atoms with Gasteiger partial charge in [-0.05, 0) is 31.8 Å². The van der Waals surface area contributed by atoms with Gasteiger partial charge in [0.2, 0.25) is 11.9 Å². The van der Waals surface area contributed by atoms with Gasteiger partial charge in [0.15, 0.2) is 0 Å². The molecular weight excluding hydrogens is 306 g/mol. The van der Waals surface area contributed by atoms with Crippen LogP contribution in [0.4, 0.5) is 11.9 Å². The van der Waals surface area contributed by atoms with Crippen LogP contribution in [0.15, 0.2) is 0 Å². The molecule has 0 saturated carbocycles. The van der Waals surface area contributed by atoms with Gasteiger partial charge >= 0.3 is 0 Å². The molecule has 0 amide bonds. The summed E-state index contributed by atoms with van der Waals surface area (Å²) in [6.07, 6.45) is 2.47. The Balaban J connectivity index is 1.48. The number of morpholine rings is 1. The third-order valence-electron chi connectivity index (χ3n) is 4.78. The Labute approximate surface area is 144 Å². The zero-order valence-corrected chi connectivity index (χ0v) is 14.8. The first-order valence-electron chi connectivity index (χ1n) is 8.80. The molecule has 0 aromatic carbocycles. The predicted molar refractivity (Wildman–Crippen MR) is 93.8 cm³/mol. The standard InChI is InChI=1S/C16H29N7O/c1-21(2)16-19-14(18-15(17)20-16)12-22-5-3-13(4-6-22)11-23-7-9-24-10-8-23/h13H,3-12H2,1-2H3,(H2,17,18,19,20). The molecule has 0 unspecified atom stereocenters. The highest BCUT2D eigenvalue weighted by molar-refractivity contribution is 5.32. The van der Waals surface area contributed by atoms with E-state index >= 15 is 0 Å². The molecule has 0 spiro atoms. The van der Waals surface area contributed by atoms with Crippen molar-refractivity contribution in [2.24, 2.45) is 5.92 Å². The normalized spacial score (nSPS) is 21.1. The molecule has 3 heterocycles. The van der Waals surface area contributed by atoms with Gasteiger partial charge in [-0.25, -0.2) is 0 Å². The molecule has 0 aliphatic carbocycles. The van der Waals surface area contributed by atoms with Gasteiger partial charge in [0.25, 0.3) is 0 Å². The first-order valence-corrected chi connectivity index (χ1v) is 8.80. The Bertz CT molecular complexity index is 525. The molecule has 0 atom stereocenters. The largest absolute Gasteiger partial charge is 0.379 e. The summed E-state index contributed by atoms with van der Waals surface area (Å²) in [6, 6.07) is 0. The Morgan fingerprint density at radius 2 is 1.75 bits per heavy atom. The molecular formula is C16H29N7O. The van der Waals surface area contributed by atoms with Crippen molar-refractivity contribution in [1.29, 1.82) is 0 Å². The van der Waals surface area contributed by atoms with Gasteiger partial charge in [-0.15, -0.1) is 0 Å². The van der Waals surface area contributed by atoms with Crippen molar-refractivity contribution in [1.82, 2.24) is 24.8 Å². The van der Waals surface area contributed by atoms with Gasteiger partial charge in [-0.1, -0.05) is 0 Å². The maximum Gasteiger partial charge on any atom is 0.229 e. The molecule has 1 aromatic rings. The van der Waals surface area contributed by atoms with E-state index in [0.29, 0.717) is 11.9 Å². The van der Waals surface area contributed by atoms with E-state index in [2.05, 4.69) is 24.8 Å². The zero-order chi connectivity index (χ0) is 16.9. The summed E-state index contributed by atoms with van der Waals surface area (Å²) in [5.41, 5.74) is 5.81. The highest BCUT2D eigenvalue weighted by Gasteiger charge is 2.23. The quantitative estimate of drug-likeness (QED) is 0.809. The van der Waals surface area contributed by atoms with Crippen molar-refractivity contribution in [2.75, 3.05) is 70.7 Å². The van der Waals surface area contributed by atoms with E-state index in [4.69, 9.17) is 10.5 Å². The van der Waals surface area contributed by atoms with E-state index in [1.807, 2.05) is 19.0 Å². The van der Waals surface area contributed by atoms with Crippen LogP contribution in [0.25, 0.3) is 0 Å². The van der Waals surface area contributed by atoms with Gasteiger partial charge < -0.3 is 15.4 Å². The van der Waals surface area contributed by atoms with Gasteiger partial charge in [0, 0.05) is 33.7 Å². The molecule has 0 bridgehead atoms. The van der Waals surface area contributed by atoms with Crippen LogP contribution in [0, 0.1) is 5.92 Å². The van der Waals surface area contributed by atoms with Crippen molar-refractivity contribution >= 4 is 11.9 Å². The molecule has 1 aromatic heterocycles. The second kappa shape index (κ2) is 8.04. The molecule has 24 heavy (non-hydrogen) atoms. The Hall–Kier alpha value is -1.51. The first kappa shape index (κ1) is 17.3. The molecule has 8 heteroatoms. The lowest BCUT2D eigenvalue weighted by Gasteiger charge is -2.35. The van der Waals surface area contributed by atoms with Crippen molar-refractivity contribution < 1.29 is 4.74 Å². The average molecular weight is 335 g/mol. The van der Waals surface area contributed by atoms with Gasteiger partial charge in [-0.3, -0.25) is 9.80 Å². The molecule has 2 saturated heterocycles. The third-order valence-corrected chi connectivity index (χ3v) is 4.78. The van der Waals surface area contributed by atoms with Crippen molar-refractivity contribution in [2.45, 2.75) is 19.4 Å². The summed E-state index contributed by atoms with van der Waals surface area (Å²) >= 11 is 0. The molecule has 2 fully saturated rings. The number of ether oxygens (including phenoxy) is 1. The highest BCUT2D eigenvalue weighted by Crippen LogP contribution is 2.20. The van der Waals surface area contributed by atoms with Gasteiger partial charge in [-0.2, -0.15) is 15.0 Å².